The summed E-state index contributed by atoms with van der Waals surface area (Å²) in [6, 6.07) is 0. The Bertz CT molecular complexity index is 152. The zero-order valence-electron chi connectivity index (χ0n) is 12.3. The van der Waals surface area contributed by atoms with E-state index in [0.717, 1.165) is 19.3 Å². The lowest BCUT2D eigenvalue weighted by atomic mass is 10.1. The summed E-state index contributed by atoms with van der Waals surface area (Å²) in [5, 5.41) is 16.6. The second-order valence-electron chi connectivity index (χ2n) is 4.70. The number of aliphatic hydroxyl groups excluding tert-OH is 1. The van der Waals surface area contributed by atoms with Crippen molar-refractivity contribution in [2.45, 2.75) is 84.5 Å². The Labute approximate surface area is 113 Å². The van der Waals surface area contributed by atoms with Gasteiger partial charge in [0.2, 0.25) is 0 Å². The van der Waals surface area contributed by atoms with Gasteiger partial charge in [-0.15, -0.1) is 0 Å². The van der Waals surface area contributed by atoms with Gasteiger partial charge in [0.05, 0.1) is 0 Å². The number of hydrogen-bond acceptors (Lipinski definition) is 2. The minimum Gasteiger partial charge on any atom is -0.481 e. The second kappa shape index (κ2) is 18.8. The molecular formula is C15H32O3. The molecule has 18 heavy (non-hydrogen) atoms. The molecule has 0 aromatic heterocycles. The number of carbonyl (C=O) groups is 1. The standard InChI is InChI=1S/C8H16O2.C7H16O/c1-2-3-4-5-6-7-8(9)10;1-2-3-4-5-6-7-8/h2-7H2,1H3,(H,9,10);8H,2-7H2,1H3. The van der Waals surface area contributed by atoms with E-state index in [1.165, 1.54) is 44.9 Å². The quantitative estimate of drug-likeness (QED) is 0.542. The zero-order valence-corrected chi connectivity index (χ0v) is 12.3. The predicted molar refractivity (Wildman–Crippen MR) is 76.9 cm³/mol. The molecule has 0 rings (SSSR count). The molecule has 0 aliphatic rings. The van der Waals surface area contributed by atoms with E-state index in [2.05, 4.69) is 13.8 Å². The minimum absolute atomic E-state index is 0.337. The average molecular weight is 260 g/mol. The summed E-state index contributed by atoms with van der Waals surface area (Å²) in [6.45, 7) is 4.71. The summed E-state index contributed by atoms with van der Waals surface area (Å²) in [6.07, 6.45) is 12.0. The average Bonchev–Trinajstić information content (AvgIpc) is 2.35. The Morgan fingerprint density at radius 3 is 1.61 bits per heavy atom. The van der Waals surface area contributed by atoms with E-state index in [1.807, 2.05) is 0 Å². The van der Waals surface area contributed by atoms with E-state index in [0.29, 0.717) is 13.0 Å². The highest BCUT2D eigenvalue weighted by Crippen LogP contribution is 2.04. The van der Waals surface area contributed by atoms with Gasteiger partial charge in [-0.3, -0.25) is 4.79 Å². The fourth-order valence-electron chi connectivity index (χ4n) is 1.60. The first kappa shape index (κ1) is 19.8. The topological polar surface area (TPSA) is 57.5 Å². The van der Waals surface area contributed by atoms with Gasteiger partial charge in [-0.1, -0.05) is 65.2 Å². The molecule has 0 radical (unpaired) electrons. The van der Waals surface area contributed by atoms with Gasteiger partial charge >= 0.3 is 5.97 Å². The number of carboxylic acids is 1. The Hall–Kier alpha value is -0.570. The molecule has 0 aliphatic heterocycles. The summed E-state index contributed by atoms with van der Waals surface area (Å²) in [4.78, 5) is 10.0. The number of rotatable bonds is 11. The van der Waals surface area contributed by atoms with Crippen molar-refractivity contribution >= 4 is 5.97 Å². The molecule has 0 aromatic rings. The molecule has 2 N–H and O–H groups in total. The number of hydrogen-bond donors (Lipinski definition) is 2. The molecule has 0 bridgehead atoms. The summed E-state index contributed by atoms with van der Waals surface area (Å²) >= 11 is 0. The second-order valence-corrected chi connectivity index (χ2v) is 4.70. The van der Waals surface area contributed by atoms with Crippen LogP contribution in [0.3, 0.4) is 0 Å². The highest BCUT2D eigenvalue weighted by atomic mass is 16.4. The SMILES string of the molecule is CCCCCCCC(=O)O.CCCCCCCO. The van der Waals surface area contributed by atoms with Crippen LogP contribution in [-0.2, 0) is 4.79 Å². The molecule has 0 amide bonds. The van der Waals surface area contributed by atoms with Crippen molar-refractivity contribution in [3.05, 3.63) is 0 Å². The Balaban J connectivity index is 0. The van der Waals surface area contributed by atoms with Crippen molar-refractivity contribution in [3.63, 3.8) is 0 Å². The van der Waals surface area contributed by atoms with E-state index in [9.17, 15) is 4.79 Å². The van der Waals surface area contributed by atoms with Crippen molar-refractivity contribution in [2.24, 2.45) is 0 Å². The molecular weight excluding hydrogens is 228 g/mol. The van der Waals surface area contributed by atoms with E-state index in [4.69, 9.17) is 10.2 Å². The summed E-state index contributed by atoms with van der Waals surface area (Å²) in [5.41, 5.74) is 0. The van der Waals surface area contributed by atoms with Crippen molar-refractivity contribution in [2.75, 3.05) is 6.61 Å². The number of aliphatic carboxylic acids is 1. The van der Waals surface area contributed by atoms with Gasteiger partial charge < -0.3 is 10.2 Å². The van der Waals surface area contributed by atoms with Gasteiger partial charge in [-0.2, -0.15) is 0 Å². The van der Waals surface area contributed by atoms with Crippen molar-refractivity contribution < 1.29 is 15.0 Å². The molecule has 0 saturated carbocycles. The summed E-state index contributed by atoms with van der Waals surface area (Å²) in [7, 11) is 0. The predicted octanol–water partition coefficient (Wildman–Crippen LogP) is 4.38. The lowest BCUT2D eigenvalue weighted by Gasteiger charge is -1.95. The molecule has 3 nitrogen and oxygen atoms in total. The van der Waals surface area contributed by atoms with Crippen LogP contribution in [0.25, 0.3) is 0 Å². The van der Waals surface area contributed by atoms with Gasteiger partial charge in [0, 0.05) is 13.0 Å². The van der Waals surface area contributed by atoms with Crippen LogP contribution in [-0.4, -0.2) is 22.8 Å². The van der Waals surface area contributed by atoms with Crippen molar-refractivity contribution in [1.82, 2.24) is 0 Å². The van der Waals surface area contributed by atoms with Gasteiger partial charge in [-0.25, -0.2) is 0 Å². The van der Waals surface area contributed by atoms with Crippen molar-refractivity contribution in [1.29, 1.82) is 0 Å². The van der Waals surface area contributed by atoms with Crippen LogP contribution in [0.15, 0.2) is 0 Å². The molecule has 3 heteroatoms. The van der Waals surface area contributed by atoms with Crippen LogP contribution in [0, 0.1) is 0 Å². The Morgan fingerprint density at radius 1 is 0.778 bits per heavy atom. The molecule has 0 unspecified atom stereocenters. The third-order valence-electron chi connectivity index (χ3n) is 2.76. The molecule has 0 spiro atoms. The van der Waals surface area contributed by atoms with Crippen LogP contribution in [0.1, 0.15) is 84.5 Å². The lowest BCUT2D eigenvalue weighted by Crippen LogP contribution is -1.93. The minimum atomic E-state index is -0.670. The van der Waals surface area contributed by atoms with E-state index >= 15 is 0 Å². The monoisotopic (exact) mass is 260 g/mol. The van der Waals surface area contributed by atoms with Gasteiger partial charge in [0.15, 0.2) is 0 Å². The summed E-state index contributed by atoms with van der Waals surface area (Å²) < 4.78 is 0. The number of aliphatic hydroxyl groups is 1. The molecule has 0 fully saturated rings. The van der Waals surface area contributed by atoms with E-state index in [-0.39, 0.29) is 0 Å². The van der Waals surface area contributed by atoms with Crippen LogP contribution in [0.5, 0.6) is 0 Å². The van der Waals surface area contributed by atoms with Crippen LogP contribution in [0.2, 0.25) is 0 Å². The lowest BCUT2D eigenvalue weighted by molar-refractivity contribution is -0.137. The van der Waals surface area contributed by atoms with Crippen LogP contribution >= 0.6 is 0 Å². The maximum atomic E-state index is 10.0. The van der Waals surface area contributed by atoms with E-state index in [1.54, 1.807) is 0 Å². The highest BCUT2D eigenvalue weighted by molar-refractivity contribution is 5.66. The third-order valence-corrected chi connectivity index (χ3v) is 2.76. The Kier molecular flexibility index (Phi) is 20.6. The third kappa shape index (κ3) is 24.6. The van der Waals surface area contributed by atoms with Gasteiger partial charge in [0.25, 0.3) is 0 Å². The maximum absolute atomic E-state index is 10.0. The Morgan fingerprint density at radius 2 is 1.22 bits per heavy atom. The van der Waals surface area contributed by atoms with Crippen LogP contribution < -0.4 is 0 Å². The first-order valence-electron chi connectivity index (χ1n) is 7.51. The molecule has 110 valence electrons. The first-order valence-corrected chi connectivity index (χ1v) is 7.51. The molecule has 0 aromatic carbocycles. The van der Waals surface area contributed by atoms with Crippen molar-refractivity contribution in [3.8, 4) is 0 Å². The zero-order chi connectivity index (χ0) is 14.1. The molecule has 0 atom stereocenters. The largest absolute Gasteiger partial charge is 0.481 e. The molecule has 0 aliphatic carbocycles. The maximum Gasteiger partial charge on any atom is 0.303 e. The molecule has 0 saturated heterocycles. The fraction of sp³-hybridized carbons (Fsp3) is 0.933. The normalized spacial score (nSPS) is 9.72. The fourth-order valence-corrected chi connectivity index (χ4v) is 1.60. The molecule has 0 heterocycles. The summed E-state index contributed by atoms with van der Waals surface area (Å²) in [5.74, 6) is -0.670. The van der Waals surface area contributed by atoms with Crippen LogP contribution in [0.4, 0.5) is 0 Å². The highest BCUT2D eigenvalue weighted by Gasteiger charge is 1.94. The number of unbranched alkanes of at least 4 members (excludes halogenated alkanes) is 8. The smallest absolute Gasteiger partial charge is 0.303 e. The number of carboxylic acid groups (broad SMARTS) is 1. The first-order chi connectivity index (χ1) is 8.68. The van der Waals surface area contributed by atoms with E-state index < -0.39 is 5.97 Å². The van der Waals surface area contributed by atoms with Gasteiger partial charge in [-0.05, 0) is 12.8 Å². The van der Waals surface area contributed by atoms with Gasteiger partial charge in [0.1, 0.15) is 0 Å².